The minimum atomic E-state index is -0.675. The van der Waals surface area contributed by atoms with Crippen LogP contribution < -0.4 is 5.32 Å². The maximum Gasteiger partial charge on any atom is 0.251 e. The monoisotopic (exact) mass is 313 g/mol. The van der Waals surface area contributed by atoms with Gasteiger partial charge in [0.1, 0.15) is 0 Å². The molecule has 5 heteroatoms. The van der Waals surface area contributed by atoms with Crippen LogP contribution in [0.25, 0.3) is 0 Å². The Morgan fingerprint density at radius 1 is 1.17 bits per heavy atom. The van der Waals surface area contributed by atoms with Crippen molar-refractivity contribution in [1.82, 2.24) is 15.3 Å². The summed E-state index contributed by atoms with van der Waals surface area (Å²) in [5.41, 5.74) is 2.61. The quantitative estimate of drug-likeness (QED) is 0.859. The minimum absolute atomic E-state index is 0.138. The lowest BCUT2D eigenvalue weighted by atomic mass is 9.98. The number of aliphatic hydroxyl groups is 1. The predicted octanol–water partition coefficient (Wildman–Crippen LogP) is 2.42. The van der Waals surface area contributed by atoms with Crippen LogP contribution in [0.15, 0.2) is 36.7 Å². The van der Waals surface area contributed by atoms with E-state index in [0.29, 0.717) is 18.5 Å². The van der Waals surface area contributed by atoms with Gasteiger partial charge in [-0.25, -0.2) is 0 Å². The van der Waals surface area contributed by atoms with Gasteiger partial charge in [0.2, 0.25) is 0 Å². The van der Waals surface area contributed by atoms with Crippen LogP contribution in [-0.2, 0) is 13.0 Å². The number of hydrogen-bond acceptors (Lipinski definition) is 4. The van der Waals surface area contributed by atoms with Crippen molar-refractivity contribution in [2.75, 3.05) is 0 Å². The molecule has 0 spiro atoms. The van der Waals surface area contributed by atoms with Crippen molar-refractivity contribution in [3.63, 3.8) is 0 Å². The van der Waals surface area contributed by atoms with Crippen LogP contribution in [0, 0.1) is 6.92 Å². The lowest BCUT2D eigenvalue weighted by molar-refractivity contribution is 0.0713. The van der Waals surface area contributed by atoms with Gasteiger partial charge >= 0.3 is 0 Å². The van der Waals surface area contributed by atoms with Crippen molar-refractivity contribution in [2.45, 2.75) is 45.8 Å². The summed E-state index contributed by atoms with van der Waals surface area (Å²) in [6, 6.07) is 7.45. The van der Waals surface area contributed by atoms with E-state index in [4.69, 9.17) is 0 Å². The molecule has 0 saturated carbocycles. The second-order valence-electron chi connectivity index (χ2n) is 6.34. The van der Waals surface area contributed by atoms with Gasteiger partial charge in [-0.3, -0.25) is 14.8 Å². The molecule has 1 aromatic heterocycles. The van der Waals surface area contributed by atoms with Gasteiger partial charge in [-0.2, -0.15) is 0 Å². The molecule has 0 aliphatic carbocycles. The smallest absolute Gasteiger partial charge is 0.251 e. The number of amides is 1. The average Bonchev–Trinajstić information content (AvgIpc) is 2.52. The molecular formula is C18H23N3O2. The van der Waals surface area contributed by atoms with Crippen molar-refractivity contribution in [1.29, 1.82) is 0 Å². The molecule has 2 rings (SSSR count). The van der Waals surface area contributed by atoms with Gasteiger partial charge in [-0.15, -0.1) is 0 Å². The third kappa shape index (κ3) is 5.79. The van der Waals surface area contributed by atoms with E-state index in [1.165, 1.54) is 0 Å². The van der Waals surface area contributed by atoms with E-state index < -0.39 is 5.60 Å². The molecular weight excluding hydrogens is 290 g/mol. The van der Waals surface area contributed by atoms with Crippen LogP contribution in [0.2, 0.25) is 0 Å². The number of hydrogen-bond donors (Lipinski definition) is 2. The van der Waals surface area contributed by atoms with Gasteiger partial charge in [-0.05, 0) is 51.3 Å². The van der Waals surface area contributed by atoms with Crippen LogP contribution in [0.4, 0.5) is 0 Å². The third-order valence-electron chi connectivity index (χ3n) is 3.51. The van der Waals surface area contributed by atoms with E-state index in [0.717, 1.165) is 23.4 Å². The molecule has 0 aliphatic rings. The second-order valence-corrected chi connectivity index (χ2v) is 6.34. The average molecular weight is 313 g/mol. The Hall–Kier alpha value is -2.27. The molecule has 2 N–H and O–H groups in total. The molecule has 1 amide bonds. The summed E-state index contributed by atoms with van der Waals surface area (Å²) in [6.45, 7) is 5.81. The fourth-order valence-corrected chi connectivity index (χ4v) is 2.06. The van der Waals surface area contributed by atoms with Crippen molar-refractivity contribution in [2.24, 2.45) is 0 Å². The lowest BCUT2D eigenvalue weighted by Gasteiger charge is -2.16. The summed E-state index contributed by atoms with van der Waals surface area (Å²) in [7, 11) is 0. The predicted molar refractivity (Wildman–Crippen MR) is 89.0 cm³/mol. The molecule has 0 unspecified atom stereocenters. The molecule has 5 nitrogen and oxygen atoms in total. The molecule has 0 bridgehead atoms. The summed E-state index contributed by atoms with van der Waals surface area (Å²) in [4.78, 5) is 20.5. The molecule has 2 aromatic rings. The summed E-state index contributed by atoms with van der Waals surface area (Å²) in [6.07, 6.45) is 4.81. The van der Waals surface area contributed by atoms with Gasteiger partial charge in [0.15, 0.2) is 0 Å². The first-order valence-electron chi connectivity index (χ1n) is 7.70. The Morgan fingerprint density at radius 2 is 1.87 bits per heavy atom. The van der Waals surface area contributed by atoms with Gasteiger partial charge in [0.05, 0.1) is 29.7 Å². The van der Waals surface area contributed by atoms with Crippen LogP contribution >= 0.6 is 0 Å². The largest absolute Gasteiger partial charge is 0.390 e. The third-order valence-corrected chi connectivity index (χ3v) is 3.51. The first-order chi connectivity index (χ1) is 10.8. The van der Waals surface area contributed by atoms with E-state index in [-0.39, 0.29) is 5.91 Å². The summed E-state index contributed by atoms with van der Waals surface area (Å²) in [5, 5.41) is 12.6. The van der Waals surface area contributed by atoms with Crippen LogP contribution in [0.5, 0.6) is 0 Å². The fourth-order valence-electron chi connectivity index (χ4n) is 2.06. The number of aryl methyl sites for hydroxylation is 2. The fraction of sp³-hybridized carbons (Fsp3) is 0.389. The number of aromatic nitrogens is 2. The van der Waals surface area contributed by atoms with Gasteiger partial charge in [0.25, 0.3) is 5.91 Å². The van der Waals surface area contributed by atoms with Gasteiger partial charge in [-0.1, -0.05) is 12.1 Å². The van der Waals surface area contributed by atoms with Crippen molar-refractivity contribution in [3.8, 4) is 0 Å². The van der Waals surface area contributed by atoms with E-state index in [9.17, 15) is 9.90 Å². The number of carbonyl (C=O) groups is 1. The highest BCUT2D eigenvalue weighted by Gasteiger charge is 2.12. The SMILES string of the molecule is Cc1cnc(CNC(=O)c2ccc(CCC(C)(C)O)cc2)cn1. The molecule has 23 heavy (non-hydrogen) atoms. The summed E-state index contributed by atoms with van der Waals surface area (Å²) < 4.78 is 0. The van der Waals surface area contributed by atoms with E-state index in [1.807, 2.05) is 19.1 Å². The highest BCUT2D eigenvalue weighted by atomic mass is 16.3. The number of nitrogens with one attached hydrogen (secondary N) is 1. The van der Waals surface area contributed by atoms with E-state index in [2.05, 4.69) is 15.3 Å². The van der Waals surface area contributed by atoms with Crippen molar-refractivity contribution in [3.05, 3.63) is 59.2 Å². The Balaban J connectivity index is 1.88. The number of benzene rings is 1. The number of rotatable bonds is 6. The molecule has 0 atom stereocenters. The summed E-state index contributed by atoms with van der Waals surface area (Å²) >= 11 is 0. The molecule has 0 radical (unpaired) electrons. The van der Waals surface area contributed by atoms with Crippen molar-refractivity contribution >= 4 is 5.91 Å². The van der Waals surface area contributed by atoms with Crippen LogP contribution in [0.3, 0.4) is 0 Å². The normalized spacial score (nSPS) is 11.3. The molecule has 0 fully saturated rings. The maximum atomic E-state index is 12.1. The first kappa shape index (κ1) is 17.1. The van der Waals surface area contributed by atoms with Gasteiger partial charge in [0, 0.05) is 11.8 Å². The lowest BCUT2D eigenvalue weighted by Crippen LogP contribution is -2.23. The molecule has 1 heterocycles. The maximum absolute atomic E-state index is 12.1. The Morgan fingerprint density at radius 3 is 2.43 bits per heavy atom. The molecule has 0 saturated heterocycles. The zero-order valence-electron chi connectivity index (χ0n) is 13.8. The zero-order valence-corrected chi connectivity index (χ0v) is 13.8. The standard InChI is InChI=1S/C18H23N3O2/c1-13-10-20-16(11-19-13)12-21-17(22)15-6-4-14(5-7-15)8-9-18(2,3)23/h4-7,10-11,23H,8-9,12H2,1-3H3,(H,21,22). The number of nitrogens with zero attached hydrogens (tertiary/aromatic N) is 2. The highest BCUT2D eigenvalue weighted by Crippen LogP contribution is 2.14. The first-order valence-corrected chi connectivity index (χ1v) is 7.70. The van der Waals surface area contributed by atoms with Crippen molar-refractivity contribution < 1.29 is 9.90 Å². The molecule has 1 aromatic carbocycles. The minimum Gasteiger partial charge on any atom is -0.390 e. The Labute approximate surface area is 136 Å². The van der Waals surface area contributed by atoms with E-state index in [1.54, 1.807) is 38.4 Å². The molecule has 122 valence electrons. The Bertz CT molecular complexity index is 643. The zero-order chi connectivity index (χ0) is 16.9. The summed E-state index contributed by atoms with van der Waals surface area (Å²) in [5.74, 6) is -0.138. The molecule has 0 aliphatic heterocycles. The topological polar surface area (TPSA) is 75.1 Å². The van der Waals surface area contributed by atoms with Crippen LogP contribution in [0.1, 0.15) is 47.6 Å². The van der Waals surface area contributed by atoms with E-state index >= 15 is 0 Å². The van der Waals surface area contributed by atoms with Crippen LogP contribution in [-0.4, -0.2) is 26.6 Å². The Kier molecular flexibility index (Phi) is 5.45. The van der Waals surface area contributed by atoms with Gasteiger partial charge < -0.3 is 10.4 Å². The second kappa shape index (κ2) is 7.33. The number of carbonyl (C=O) groups excluding carboxylic acids is 1. The highest BCUT2D eigenvalue weighted by molar-refractivity contribution is 5.94.